The van der Waals surface area contributed by atoms with E-state index in [-0.39, 0.29) is 6.54 Å². The van der Waals surface area contributed by atoms with E-state index in [1.165, 1.54) is 0 Å². The number of hydrogen-bond donors (Lipinski definition) is 3. The number of amides is 2. The van der Waals surface area contributed by atoms with Gasteiger partial charge in [0.2, 0.25) is 0 Å². The average molecular weight is 278 g/mol. The van der Waals surface area contributed by atoms with Crippen LogP contribution in [-0.4, -0.2) is 23.7 Å². The van der Waals surface area contributed by atoms with Crippen molar-refractivity contribution in [2.45, 2.75) is 34.1 Å². The molecule has 0 aromatic heterocycles. The molecule has 0 fully saturated rings. The van der Waals surface area contributed by atoms with E-state index in [9.17, 15) is 9.59 Å². The molecule has 1 unspecified atom stereocenters. The second-order valence-corrected chi connectivity index (χ2v) is 5.33. The van der Waals surface area contributed by atoms with Gasteiger partial charge in [0.15, 0.2) is 0 Å². The molecule has 0 saturated heterocycles. The topological polar surface area (TPSA) is 78.4 Å². The summed E-state index contributed by atoms with van der Waals surface area (Å²) in [6.07, 6.45) is 0.451. The Bertz CT molecular complexity index is 514. The first-order valence-corrected chi connectivity index (χ1v) is 6.64. The Hall–Kier alpha value is -2.04. The first kappa shape index (κ1) is 16.0. The van der Waals surface area contributed by atoms with Crippen LogP contribution in [0.4, 0.5) is 10.5 Å². The smallest absolute Gasteiger partial charge is 0.319 e. The number of aliphatic carboxylic acids is 1. The van der Waals surface area contributed by atoms with Crippen molar-refractivity contribution in [3.05, 3.63) is 29.3 Å². The van der Waals surface area contributed by atoms with Crippen LogP contribution in [0.15, 0.2) is 18.2 Å². The molecule has 110 valence electrons. The molecular formula is C15H22N2O3. The maximum Gasteiger partial charge on any atom is 0.319 e. The van der Waals surface area contributed by atoms with Gasteiger partial charge in [-0.25, -0.2) is 4.79 Å². The lowest BCUT2D eigenvalue weighted by molar-refractivity contribution is -0.147. The van der Waals surface area contributed by atoms with Gasteiger partial charge in [0.1, 0.15) is 0 Å². The summed E-state index contributed by atoms with van der Waals surface area (Å²) in [4.78, 5) is 22.9. The van der Waals surface area contributed by atoms with Crippen LogP contribution < -0.4 is 10.6 Å². The number of nitrogens with one attached hydrogen (secondary N) is 2. The molecule has 20 heavy (non-hydrogen) atoms. The largest absolute Gasteiger partial charge is 0.481 e. The van der Waals surface area contributed by atoms with E-state index >= 15 is 0 Å². The van der Waals surface area contributed by atoms with Crippen molar-refractivity contribution in [2.24, 2.45) is 5.41 Å². The van der Waals surface area contributed by atoms with Crippen LogP contribution in [0.1, 0.15) is 31.4 Å². The molecule has 0 aliphatic heterocycles. The summed E-state index contributed by atoms with van der Waals surface area (Å²) in [5.74, 6) is -0.911. The number of hydrogen-bond acceptors (Lipinski definition) is 2. The van der Waals surface area contributed by atoms with Crippen LogP contribution in [0.5, 0.6) is 0 Å². The van der Waals surface area contributed by atoms with Crippen molar-refractivity contribution in [1.82, 2.24) is 5.32 Å². The normalized spacial score (nSPS) is 13.4. The highest BCUT2D eigenvalue weighted by molar-refractivity contribution is 5.89. The third-order valence-corrected chi connectivity index (χ3v) is 3.70. The van der Waals surface area contributed by atoms with Crippen LogP contribution in [0, 0.1) is 19.3 Å². The molecule has 0 aliphatic rings. The van der Waals surface area contributed by atoms with Gasteiger partial charge in [0.05, 0.1) is 5.41 Å². The molecule has 0 heterocycles. The number of carboxylic acid groups (broad SMARTS) is 1. The first-order valence-electron chi connectivity index (χ1n) is 6.64. The molecule has 0 radical (unpaired) electrons. The summed E-state index contributed by atoms with van der Waals surface area (Å²) in [6, 6.07) is 5.23. The molecule has 1 aromatic rings. The number of carboxylic acids is 1. The Morgan fingerprint density at radius 2 is 1.90 bits per heavy atom. The summed E-state index contributed by atoms with van der Waals surface area (Å²) >= 11 is 0. The van der Waals surface area contributed by atoms with E-state index in [2.05, 4.69) is 10.6 Å². The molecule has 0 aliphatic carbocycles. The predicted molar refractivity (Wildman–Crippen MR) is 79.0 cm³/mol. The molecular weight excluding hydrogens is 256 g/mol. The number of carbonyl (C=O) groups is 2. The molecule has 1 rings (SSSR count). The number of urea groups is 1. The summed E-state index contributed by atoms with van der Waals surface area (Å²) in [6.45, 7) is 7.47. The van der Waals surface area contributed by atoms with Gasteiger partial charge in [-0.2, -0.15) is 0 Å². The fourth-order valence-electron chi connectivity index (χ4n) is 1.62. The van der Waals surface area contributed by atoms with Gasteiger partial charge >= 0.3 is 12.0 Å². The van der Waals surface area contributed by atoms with Crippen molar-refractivity contribution in [3.8, 4) is 0 Å². The van der Waals surface area contributed by atoms with Crippen LogP contribution in [-0.2, 0) is 4.79 Å². The lowest BCUT2D eigenvalue weighted by Crippen LogP contribution is -2.42. The lowest BCUT2D eigenvalue weighted by Gasteiger charge is -2.23. The van der Waals surface area contributed by atoms with E-state index < -0.39 is 17.4 Å². The van der Waals surface area contributed by atoms with Crippen LogP contribution in [0.25, 0.3) is 0 Å². The zero-order valence-corrected chi connectivity index (χ0v) is 12.4. The Morgan fingerprint density at radius 1 is 1.25 bits per heavy atom. The standard InChI is InChI=1S/C15H22N2O3/c1-5-15(4,13(18)19)9-16-14(20)17-12-7-6-10(2)11(3)8-12/h6-8H,5,9H2,1-4H3,(H,18,19)(H2,16,17,20). The molecule has 3 N–H and O–H groups in total. The second kappa shape index (κ2) is 6.41. The SMILES string of the molecule is CCC(C)(CNC(=O)Nc1ccc(C)c(C)c1)C(=O)O. The van der Waals surface area contributed by atoms with E-state index in [1.807, 2.05) is 32.0 Å². The maximum atomic E-state index is 11.8. The minimum atomic E-state index is -0.944. The molecule has 1 aromatic carbocycles. The van der Waals surface area contributed by atoms with Gasteiger partial charge in [-0.1, -0.05) is 13.0 Å². The molecule has 0 saturated carbocycles. The monoisotopic (exact) mass is 278 g/mol. The van der Waals surface area contributed by atoms with E-state index in [1.54, 1.807) is 13.8 Å². The minimum Gasteiger partial charge on any atom is -0.481 e. The maximum absolute atomic E-state index is 11.8. The van der Waals surface area contributed by atoms with Gasteiger partial charge < -0.3 is 15.7 Å². The fraction of sp³-hybridized carbons (Fsp3) is 0.467. The van der Waals surface area contributed by atoms with Gasteiger partial charge in [0.25, 0.3) is 0 Å². The summed E-state index contributed by atoms with van der Waals surface area (Å²) in [5, 5.41) is 14.4. The highest BCUT2D eigenvalue weighted by Gasteiger charge is 2.31. The van der Waals surface area contributed by atoms with Crippen molar-refractivity contribution in [3.63, 3.8) is 0 Å². The predicted octanol–water partition coefficient (Wildman–Crippen LogP) is 2.93. The minimum absolute atomic E-state index is 0.0928. The van der Waals surface area contributed by atoms with Crippen LogP contribution in [0.2, 0.25) is 0 Å². The zero-order chi connectivity index (χ0) is 15.3. The number of benzene rings is 1. The van der Waals surface area contributed by atoms with E-state index in [0.29, 0.717) is 12.1 Å². The van der Waals surface area contributed by atoms with Crippen molar-refractivity contribution in [1.29, 1.82) is 0 Å². The number of rotatable bonds is 5. The molecule has 0 spiro atoms. The highest BCUT2D eigenvalue weighted by Crippen LogP contribution is 2.20. The van der Waals surface area contributed by atoms with Crippen molar-refractivity contribution >= 4 is 17.7 Å². The van der Waals surface area contributed by atoms with E-state index in [4.69, 9.17) is 5.11 Å². The number of carbonyl (C=O) groups excluding carboxylic acids is 1. The molecule has 1 atom stereocenters. The van der Waals surface area contributed by atoms with Gasteiger partial charge in [-0.15, -0.1) is 0 Å². The fourth-order valence-corrected chi connectivity index (χ4v) is 1.62. The molecule has 5 nitrogen and oxygen atoms in total. The van der Waals surface area contributed by atoms with E-state index in [0.717, 1.165) is 11.1 Å². The summed E-state index contributed by atoms with van der Waals surface area (Å²) in [7, 11) is 0. The highest BCUT2D eigenvalue weighted by atomic mass is 16.4. The number of anilines is 1. The third kappa shape index (κ3) is 3.98. The second-order valence-electron chi connectivity index (χ2n) is 5.33. The Balaban J connectivity index is 2.60. The van der Waals surface area contributed by atoms with Crippen LogP contribution >= 0.6 is 0 Å². The third-order valence-electron chi connectivity index (χ3n) is 3.70. The Morgan fingerprint density at radius 3 is 2.40 bits per heavy atom. The zero-order valence-electron chi connectivity index (χ0n) is 12.4. The number of aryl methyl sites for hydroxylation is 2. The van der Waals surface area contributed by atoms with Gasteiger partial charge in [-0.05, 0) is 50.5 Å². The first-order chi connectivity index (χ1) is 9.28. The van der Waals surface area contributed by atoms with Crippen molar-refractivity contribution < 1.29 is 14.7 Å². The Kier molecular flexibility index (Phi) is 5.13. The molecule has 5 heteroatoms. The molecule has 2 amide bonds. The Labute approximate surface area is 119 Å². The van der Waals surface area contributed by atoms with Crippen LogP contribution in [0.3, 0.4) is 0 Å². The average Bonchev–Trinajstić information content (AvgIpc) is 2.40. The quantitative estimate of drug-likeness (QED) is 0.775. The summed E-state index contributed by atoms with van der Waals surface area (Å²) in [5.41, 5.74) is 1.99. The van der Waals surface area contributed by atoms with Crippen molar-refractivity contribution in [2.75, 3.05) is 11.9 Å². The molecule has 0 bridgehead atoms. The summed E-state index contributed by atoms with van der Waals surface area (Å²) < 4.78 is 0. The lowest BCUT2D eigenvalue weighted by atomic mass is 9.88. The van der Waals surface area contributed by atoms with Gasteiger partial charge in [0, 0.05) is 12.2 Å². The van der Waals surface area contributed by atoms with Gasteiger partial charge in [-0.3, -0.25) is 4.79 Å².